The van der Waals surface area contributed by atoms with E-state index in [1.165, 1.54) is 18.7 Å². The molecule has 0 aromatic heterocycles. The molecule has 1 fully saturated rings. The fourth-order valence-electron chi connectivity index (χ4n) is 1.54. The maximum Gasteiger partial charge on any atom is 0.328 e. The number of amides is 2. The molecule has 1 heterocycles. The van der Waals surface area contributed by atoms with Crippen molar-refractivity contribution in [2.24, 2.45) is 0 Å². The zero-order valence-corrected chi connectivity index (χ0v) is 11.3. The third kappa shape index (κ3) is 3.86. The van der Waals surface area contributed by atoms with E-state index in [1.54, 1.807) is 0 Å². The molecule has 1 aliphatic rings. The molecule has 0 spiro atoms. The van der Waals surface area contributed by atoms with Crippen molar-refractivity contribution in [3.63, 3.8) is 0 Å². The summed E-state index contributed by atoms with van der Waals surface area (Å²) < 4.78 is 22.8. The minimum Gasteiger partial charge on any atom is -0.480 e. The molecule has 0 aliphatic carbocycles. The number of nitrogens with zero attached hydrogens (tertiary/aromatic N) is 1. The van der Waals surface area contributed by atoms with Crippen LogP contribution in [0.4, 0.5) is 4.79 Å². The van der Waals surface area contributed by atoms with Gasteiger partial charge in [0.05, 0.1) is 11.5 Å². The van der Waals surface area contributed by atoms with Crippen LogP contribution in [0.2, 0.25) is 0 Å². The fraction of sp³-hybridized carbons (Fsp3) is 0.800. The van der Waals surface area contributed by atoms with Crippen molar-refractivity contribution in [1.29, 1.82) is 0 Å². The van der Waals surface area contributed by atoms with Gasteiger partial charge in [0, 0.05) is 13.1 Å². The Labute approximate surface area is 106 Å². The Balaban J connectivity index is 2.66. The number of aliphatic carboxylic acids is 1. The predicted octanol–water partition coefficient (Wildman–Crippen LogP) is -0.320. The number of hydrogen-bond donors (Lipinski definition) is 2. The smallest absolute Gasteiger partial charge is 0.328 e. The molecule has 104 valence electrons. The SMILES string of the molecule is CC(C)(NC(=O)N1CCCS(=O)(=O)CC1)C(=O)O. The van der Waals surface area contributed by atoms with Gasteiger partial charge in [0.2, 0.25) is 0 Å². The number of urea groups is 1. The second-order valence-corrected chi connectivity index (χ2v) is 7.16. The molecule has 8 heteroatoms. The number of carbonyl (C=O) groups is 2. The van der Waals surface area contributed by atoms with Gasteiger partial charge < -0.3 is 15.3 Å². The molecular weight excluding hydrogens is 260 g/mol. The number of hydrogen-bond acceptors (Lipinski definition) is 4. The molecular formula is C10H18N2O5S. The lowest BCUT2D eigenvalue weighted by Gasteiger charge is -2.27. The maximum absolute atomic E-state index is 11.8. The van der Waals surface area contributed by atoms with Crippen molar-refractivity contribution in [2.75, 3.05) is 24.6 Å². The second kappa shape index (κ2) is 5.13. The molecule has 0 radical (unpaired) electrons. The van der Waals surface area contributed by atoms with Crippen molar-refractivity contribution >= 4 is 21.8 Å². The van der Waals surface area contributed by atoms with E-state index >= 15 is 0 Å². The summed E-state index contributed by atoms with van der Waals surface area (Å²) in [6.07, 6.45) is 0.378. The van der Waals surface area contributed by atoms with E-state index in [-0.39, 0.29) is 18.1 Å². The summed E-state index contributed by atoms with van der Waals surface area (Å²) in [5.74, 6) is -1.15. The molecule has 2 amide bonds. The van der Waals surface area contributed by atoms with E-state index in [9.17, 15) is 18.0 Å². The number of nitrogens with one attached hydrogen (secondary N) is 1. The Morgan fingerprint density at radius 3 is 2.39 bits per heavy atom. The Morgan fingerprint density at radius 2 is 1.83 bits per heavy atom. The van der Waals surface area contributed by atoms with Gasteiger partial charge in [0.1, 0.15) is 5.54 Å². The summed E-state index contributed by atoms with van der Waals surface area (Å²) in [7, 11) is -3.08. The van der Waals surface area contributed by atoms with Gasteiger partial charge in [-0.05, 0) is 20.3 Å². The molecule has 18 heavy (non-hydrogen) atoms. The summed E-state index contributed by atoms with van der Waals surface area (Å²) >= 11 is 0. The van der Waals surface area contributed by atoms with Gasteiger partial charge in [-0.3, -0.25) is 0 Å². The average molecular weight is 278 g/mol. The molecule has 0 unspecified atom stereocenters. The van der Waals surface area contributed by atoms with Crippen molar-refractivity contribution in [3.8, 4) is 0 Å². The van der Waals surface area contributed by atoms with Crippen LogP contribution in [0.15, 0.2) is 0 Å². The molecule has 1 saturated heterocycles. The molecule has 1 aliphatic heterocycles. The van der Waals surface area contributed by atoms with E-state index in [1.807, 2.05) is 0 Å². The second-order valence-electron chi connectivity index (χ2n) is 4.85. The Bertz CT molecular complexity index is 443. The molecule has 1 rings (SSSR count). The quantitative estimate of drug-likeness (QED) is 0.720. The first-order valence-electron chi connectivity index (χ1n) is 5.65. The maximum atomic E-state index is 11.8. The molecule has 0 aromatic carbocycles. The van der Waals surface area contributed by atoms with Crippen LogP contribution in [0, 0.1) is 0 Å². The van der Waals surface area contributed by atoms with Crippen LogP contribution >= 0.6 is 0 Å². The lowest BCUT2D eigenvalue weighted by Crippen LogP contribution is -2.54. The van der Waals surface area contributed by atoms with Gasteiger partial charge in [-0.1, -0.05) is 0 Å². The van der Waals surface area contributed by atoms with Crippen molar-refractivity contribution in [2.45, 2.75) is 25.8 Å². The van der Waals surface area contributed by atoms with Crippen molar-refractivity contribution in [1.82, 2.24) is 10.2 Å². The normalized spacial score (nSPS) is 20.0. The van der Waals surface area contributed by atoms with Crippen LogP contribution < -0.4 is 5.32 Å². The van der Waals surface area contributed by atoms with Crippen molar-refractivity contribution < 1.29 is 23.1 Å². The lowest BCUT2D eigenvalue weighted by molar-refractivity contribution is -0.143. The summed E-state index contributed by atoms with van der Waals surface area (Å²) in [5.41, 5.74) is -1.37. The Kier molecular flexibility index (Phi) is 4.20. The van der Waals surface area contributed by atoms with Crippen molar-refractivity contribution in [3.05, 3.63) is 0 Å². The number of carboxylic acid groups (broad SMARTS) is 1. The van der Waals surface area contributed by atoms with Gasteiger partial charge in [0.15, 0.2) is 9.84 Å². The Hall–Kier alpha value is -1.31. The first-order chi connectivity index (χ1) is 8.14. The van der Waals surface area contributed by atoms with Gasteiger partial charge in [-0.25, -0.2) is 18.0 Å². The van der Waals surface area contributed by atoms with Gasteiger partial charge in [0.25, 0.3) is 0 Å². The number of carboxylic acids is 1. The van der Waals surface area contributed by atoms with Gasteiger partial charge in [-0.15, -0.1) is 0 Å². The zero-order chi connectivity index (χ0) is 14.0. The lowest BCUT2D eigenvalue weighted by atomic mass is 10.1. The third-order valence-corrected chi connectivity index (χ3v) is 4.51. The summed E-state index contributed by atoms with van der Waals surface area (Å²) in [6, 6.07) is -0.542. The number of rotatable bonds is 2. The average Bonchev–Trinajstić information content (AvgIpc) is 2.38. The highest BCUT2D eigenvalue weighted by Crippen LogP contribution is 2.08. The highest BCUT2D eigenvalue weighted by atomic mass is 32.2. The van der Waals surface area contributed by atoms with E-state index in [0.29, 0.717) is 13.0 Å². The summed E-state index contributed by atoms with van der Waals surface area (Å²) in [6.45, 7) is 3.17. The Morgan fingerprint density at radius 1 is 1.22 bits per heavy atom. The first kappa shape index (κ1) is 14.7. The molecule has 2 N–H and O–H groups in total. The topological polar surface area (TPSA) is 104 Å². The highest BCUT2D eigenvalue weighted by Gasteiger charge is 2.31. The van der Waals surface area contributed by atoms with Crippen LogP contribution in [-0.4, -0.2) is 60.6 Å². The third-order valence-electron chi connectivity index (χ3n) is 2.80. The molecule has 0 saturated carbocycles. The summed E-state index contributed by atoms with van der Waals surface area (Å²) in [5, 5.41) is 11.3. The van der Waals surface area contributed by atoms with Gasteiger partial charge in [-0.2, -0.15) is 0 Å². The van der Waals surface area contributed by atoms with Gasteiger partial charge >= 0.3 is 12.0 Å². The highest BCUT2D eigenvalue weighted by molar-refractivity contribution is 7.91. The van der Waals surface area contributed by atoms with E-state index in [0.717, 1.165) is 0 Å². The van der Waals surface area contributed by atoms with Crippen LogP contribution in [0.25, 0.3) is 0 Å². The predicted molar refractivity (Wildman–Crippen MR) is 65.1 cm³/mol. The molecule has 0 aromatic rings. The molecule has 7 nitrogen and oxygen atoms in total. The summed E-state index contributed by atoms with van der Waals surface area (Å²) in [4.78, 5) is 24.1. The zero-order valence-electron chi connectivity index (χ0n) is 10.5. The largest absolute Gasteiger partial charge is 0.480 e. The molecule has 0 bridgehead atoms. The van der Waals surface area contributed by atoms with Crippen LogP contribution in [-0.2, 0) is 14.6 Å². The minimum absolute atomic E-state index is 0.0686. The standard InChI is InChI=1S/C10H18N2O5S/c1-10(2,8(13)14)11-9(15)12-4-3-6-18(16,17)7-5-12/h3-7H2,1-2H3,(H,11,15)(H,13,14). The van der Waals surface area contributed by atoms with Crippen LogP contribution in [0.3, 0.4) is 0 Å². The van der Waals surface area contributed by atoms with E-state index < -0.39 is 27.4 Å². The molecule has 0 atom stereocenters. The monoisotopic (exact) mass is 278 g/mol. The van der Waals surface area contributed by atoms with E-state index in [2.05, 4.69) is 5.32 Å². The minimum atomic E-state index is -3.08. The first-order valence-corrected chi connectivity index (χ1v) is 7.47. The number of sulfone groups is 1. The van der Waals surface area contributed by atoms with E-state index in [4.69, 9.17) is 5.11 Å². The fourth-order valence-corrected chi connectivity index (χ4v) is 2.81. The van der Waals surface area contributed by atoms with Crippen LogP contribution in [0.5, 0.6) is 0 Å². The number of carbonyl (C=O) groups excluding carboxylic acids is 1. The van der Waals surface area contributed by atoms with Crippen LogP contribution in [0.1, 0.15) is 20.3 Å².